The zero-order valence-electron chi connectivity index (χ0n) is 8.97. The van der Waals surface area contributed by atoms with Gasteiger partial charge in [0.2, 0.25) is 0 Å². The molecule has 1 aromatic rings. The van der Waals surface area contributed by atoms with Gasteiger partial charge in [-0.2, -0.15) is 13.2 Å². The monoisotopic (exact) mass is 268 g/mol. The van der Waals surface area contributed by atoms with Crippen molar-refractivity contribution in [2.24, 2.45) is 0 Å². The summed E-state index contributed by atoms with van der Waals surface area (Å²) >= 11 is 0. The highest BCUT2D eigenvalue weighted by atomic mass is 19.4. The Hall–Kier alpha value is -1.66. The normalized spacial score (nSPS) is 11.9. The smallest absolute Gasteiger partial charge is 0.416 e. The predicted octanol–water partition coefficient (Wildman–Crippen LogP) is 3.66. The van der Waals surface area contributed by atoms with Gasteiger partial charge in [0.25, 0.3) is 6.43 Å². The van der Waals surface area contributed by atoms with E-state index in [9.17, 15) is 26.7 Å². The standard InChI is InChI=1S/C11H9F5O2/c12-10(13)7-5-6(2-4-9(17)18)1-3-8(7)11(14,15)16/h1,3,5,10H,2,4H2,(H,17,18). The minimum Gasteiger partial charge on any atom is -0.481 e. The molecule has 2 nitrogen and oxygen atoms in total. The molecule has 0 atom stereocenters. The highest BCUT2D eigenvalue weighted by molar-refractivity contribution is 5.67. The van der Waals surface area contributed by atoms with E-state index in [0.717, 1.165) is 6.07 Å². The third kappa shape index (κ3) is 3.68. The van der Waals surface area contributed by atoms with Crippen LogP contribution in [0.5, 0.6) is 0 Å². The average Bonchev–Trinajstić information content (AvgIpc) is 2.24. The van der Waals surface area contributed by atoms with Crippen molar-refractivity contribution in [3.8, 4) is 0 Å². The molecule has 0 radical (unpaired) electrons. The van der Waals surface area contributed by atoms with Crippen LogP contribution in [0, 0.1) is 0 Å². The lowest BCUT2D eigenvalue weighted by molar-refractivity contribution is -0.139. The van der Waals surface area contributed by atoms with Gasteiger partial charge in [-0.05, 0) is 24.1 Å². The molecule has 0 spiro atoms. The van der Waals surface area contributed by atoms with Gasteiger partial charge in [-0.15, -0.1) is 0 Å². The van der Waals surface area contributed by atoms with E-state index in [1.165, 1.54) is 0 Å². The zero-order valence-corrected chi connectivity index (χ0v) is 8.97. The van der Waals surface area contributed by atoms with Crippen LogP contribution in [0.4, 0.5) is 22.0 Å². The fourth-order valence-electron chi connectivity index (χ4n) is 1.46. The van der Waals surface area contributed by atoms with Crippen molar-refractivity contribution in [1.82, 2.24) is 0 Å². The number of benzene rings is 1. The quantitative estimate of drug-likeness (QED) is 0.846. The molecule has 100 valence electrons. The van der Waals surface area contributed by atoms with Gasteiger partial charge in [-0.1, -0.05) is 6.07 Å². The summed E-state index contributed by atoms with van der Waals surface area (Å²) in [5, 5.41) is 8.41. The summed E-state index contributed by atoms with van der Waals surface area (Å²) in [6, 6.07) is 2.27. The number of carboxylic acids is 1. The third-order valence-corrected chi connectivity index (χ3v) is 2.28. The minimum absolute atomic E-state index is 0.0901. The number of aliphatic carboxylic acids is 1. The van der Waals surface area contributed by atoms with Gasteiger partial charge in [0.05, 0.1) is 5.56 Å². The summed E-state index contributed by atoms with van der Waals surface area (Å²) in [6.07, 6.45) is -8.52. The van der Waals surface area contributed by atoms with E-state index in [0.29, 0.717) is 12.1 Å². The molecule has 1 aromatic carbocycles. The Morgan fingerprint density at radius 1 is 1.28 bits per heavy atom. The van der Waals surface area contributed by atoms with Crippen LogP contribution in [0.1, 0.15) is 29.5 Å². The summed E-state index contributed by atoms with van der Waals surface area (Å²) in [4.78, 5) is 10.3. The van der Waals surface area contributed by atoms with Crippen molar-refractivity contribution in [2.45, 2.75) is 25.4 Å². The topological polar surface area (TPSA) is 37.3 Å². The van der Waals surface area contributed by atoms with Crippen LogP contribution in [0.15, 0.2) is 18.2 Å². The number of alkyl halides is 5. The van der Waals surface area contributed by atoms with Crippen molar-refractivity contribution >= 4 is 5.97 Å². The number of hydrogen-bond donors (Lipinski definition) is 1. The zero-order chi connectivity index (χ0) is 13.9. The van der Waals surface area contributed by atoms with Gasteiger partial charge < -0.3 is 5.11 Å². The first kappa shape index (κ1) is 14.4. The maximum Gasteiger partial charge on any atom is 0.416 e. The van der Waals surface area contributed by atoms with Gasteiger partial charge in [0.1, 0.15) is 0 Å². The van der Waals surface area contributed by atoms with Crippen LogP contribution < -0.4 is 0 Å². The molecule has 0 aliphatic carbocycles. The van der Waals surface area contributed by atoms with Crippen LogP contribution in [-0.4, -0.2) is 11.1 Å². The first-order valence-corrected chi connectivity index (χ1v) is 4.91. The van der Waals surface area contributed by atoms with E-state index >= 15 is 0 Å². The molecule has 0 amide bonds. The molecular weight excluding hydrogens is 259 g/mol. The van der Waals surface area contributed by atoms with E-state index in [-0.39, 0.29) is 18.4 Å². The number of rotatable bonds is 4. The Balaban J connectivity index is 3.08. The Labute approximate surface area is 99.0 Å². The Bertz CT molecular complexity index is 440. The van der Waals surface area contributed by atoms with Gasteiger partial charge in [0.15, 0.2) is 0 Å². The highest BCUT2D eigenvalue weighted by Crippen LogP contribution is 2.36. The van der Waals surface area contributed by atoms with E-state index in [2.05, 4.69) is 0 Å². The van der Waals surface area contributed by atoms with Crippen molar-refractivity contribution < 1.29 is 31.9 Å². The first-order valence-electron chi connectivity index (χ1n) is 4.91. The largest absolute Gasteiger partial charge is 0.481 e. The van der Waals surface area contributed by atoms with Gasteiger partial charge >= 0.3 is 12.1 Å². The lowest BCUT2D eigenvalue weighted by Gasteiger charge is -2.13. The highest BCUT2D eigenvalue weighted by Gasteiger charge is 2.35. The molecule has 0 aliphatic rings. The maximum atomic E-state index is 12.5. The molecule has 0 saturated heterocycles. The van der Waals surface area contributed by atoms with Crippen LogP contribution in [-0.2, 0) is 17.4 Å². The second-order valence-electron chi connectivity index (χ2n) is 3.61. The van der Waals surface area contributed by atoms with Crippen LogP contribution in [0.2, 0.25) is 0 Å². The molecule has 7 heteroatoms. The number of carbonyl (C=O) groups is 1. The number of aryl methyl sites for hydroxylation is 1. The van der Waals surface area contributed by atoms with Crippen molar-refractivity contribution in [3.05, 3.63) is 34.9 Å². The SMILES string of the molecule is O=C(O)CCc1ccc(C(F)(F)F)c(C(F)F)c1. The lowest BCUT2D eigenvalue weighted by atomic mass is 10.0. The molecule has 0 heterocycles. The molecule has 0 unspecified atom stereocenters. The summed E-state index contributed by atoms with van der Waals surface area (Å²) in [5.74, 6) is -1.14. The maximum absolute atomic E-state index is 12.5. The predicted molar refractivity (Wildman–Crippen MR) is 52.4 cm³/mol. The van der Waals surface area contributed by atoms with Crippen LogP contribution >= 0.6 is 0 Å². The Morgan fingerprint density at radius 3 is 2.33 bits per heavy atom. The molecule has 0 bridgehead atoms. The van der Waals surface area contributed by atoms with Crippen molar-refractivity contribution in [1.29, 1.82) is 0 Å². The fourth-order valence-corrected chi connectivity index (χ4v) is 1.46. The summed E-state index contributed by atoms with van der Waals surface area (Å²) < 4.78 is 62.3. The molecular formula is C11H9F5O2. The van der Waals surface area contributed by atoms with E-state index < -0.39 is 29.7 Å². The van der Waals surface area contributed by atoms with Gasteiger partial charge in [0, 0.05) is 12.0 Å². The molecule has 0 aromatic heterocycles. The average molecular weight is 268 g/mol. The van der Waals surface area contributed by atoms with Crippen LogP contribution in [0.25, 0.3) is 0 Å². The first-order chi connectivity index (χ1) is 8.21. The fraction of sp³-hybridized carbons (Fsp3) is 0.364. The minimum atomic E-state index is -4.85. The molecule has 0 fully saturated rings. The number of halogens is 5. The van der Waals surface area contributed by atoms with E-state index in [4.69, 9.17) is 5.11 Å². The molecule has 1 N–H and O–H groups in total. The molecule has 1 rings (SSSR count). The second kappa shape index (κ2) is 5.32. The molecule has 18 heavy (non-hydrogen) atoms. The number of carboxylic acid groups (broad SMARTS) is 1. The Kier molecular flexibility index (Phi) is 4.26. The van der Waals surface area contributed by atoms with E-state index in [1.54, 1.807) is 0 Å². The summed E-state index contributed by atoms with van der Waals surface area (Å²) in [6.45, 7) is 0. The number of hydrogen-bond acceptors (Lipinski definition) is 1. The summed E-state index contributed by atoms with van der Waals surface area (Å²) in [5.41, 5.74) is -2.37. The molecule has 0 aliphatic heterocycles. The molecule has 0 saturated carbocycles. The van der Waals surface area contributed by atoms with Crippen molar-refractivity contribution in [3.63, 3.8) is 0 Å². The lowest BCUT2D eigenvalue weighted by Crippen LogP contribution is -2.10. The van der Waals surface area contributed by atoms with E-state index in [1.807, 2.05) is 0 Å². The van der Waals surface area contributed by atoms with Crippen LogP contribution in [0.3, 0.4) is 0 Å². The van der Waals surface area contributed by atoms with Gasteiger partial charge in [-0.3, -0.25) is 4.79 Å². The Morgan fingerprint density at radius 2 is 1.89 bits per heavy atom. The van der Waals surface area contributed by atoms with Gasteiger partial charge in [-0.25, -0.2) is 8.78 Å². The second-order valence-corrected chi connectivity index (χ2v) is 3.61. The third-order valence-electron chi connectivity index (χ3n) is 2.28. The van der Waals surface area contributed by atoms with Crippen molar-refractivity contribution in [2.75, 3.05) is 0 Å². The summed E-state index contributed by atoms with van der Waals surface area (Å²) in [7, 11) is 0.